The molecule has 1 aliphatic heterocycles. The molecule has 3 heterocycles. The summed E-state index contributed by atoms with van der Waals surface area (Å²) >= 11 is 13.7. The van der Waals surface area contributed by atoms with Gasteiger partial charge < -0.3 is 19.9 Å². The largest absolute Gasteiger partial charge is 0.481 e. The van der Waals surface area contributed by atoms with E-state index >= 15 is 0 Å². The van der Waals surface area contributed by atoms with Gasteiger partial charge in [0.15, 0.2) is 0 Å². The first-order chi connectivity index (χ1) is 21.5. The standard InChI is InChI=1S/C32H32Cl2N6O5/c1-38(16-19-12-14-26(41)35-19)15-18-11-13-24(37-30(18)45-4)22-9-5-7-20(27(22)33)21-8-6-10-25(28(21)34)36-29(42)23-17-39(2)32(44)40(3)31(23)43/h5-11,13,17,19H,12,14-16H2,1-4H3,(H,35,41)(H,36,42). The van der Waals surface area contributed by atoms with Crippen molar-refractivity contribution in [3.63, 3.8) is 0 Å². The van der Waals surface area contributed by atoms with E-state index in [2.05, 4.69) is 15.5 Å². The number of benzene rings is 2. The number of ether oxygens (including phenoxy) is 1. The number of methoxy groups -OCH3 is 1. The van der Waals surface area contributed by atoms with Gasteiger partial charge in [-0.3, -0.25) is 23.9 Å². The van der Waals surface area contributed by atoms with Crippen LogP contribution in [-0.4, -0.2) is 57.6 Å². The lowest BCUT2D eigenvalue weighted by Gasteiger charge is -2.22. The number of aromatic nitrogens is 3. The number of pyridine rings is 1. The van der Waals surface area contributed by atoms with Gasteiger partial charge in [-0.1, -0.05) is 59.6 Å². The van der Waals surface area contributed by atoms with E-state index in [1.54, 1.807) is 25.3 Å². The number of anilines is 1. The first kappa shape index (κ1) is 32.0. The summed E-state index contributed by atoms with van der Waals surface area (Å²) in [5.41, 5.74) is 2.09. The van der Waals surface area contributed by atoms with Crippen molar-refractivity contribution in [1.82, 2.24) is 24.3 Å². The van der Waals surface area contributed by atoms with Gasteiger partial charge in [0.05, 0.1) is 28.5 Å². The van der Waals surface area contributed by atoms with Crippen molar-refractivity contribution < 1.29 is 14.3 Å². The van der Waals surface area contributed by atoms with Crippen LogP contribution in [0.4, 0.5) is 5.69 Å². The molecule has 0 spiro atoms. The summed E-state index contributed by atoms with van der Waals surface area (Å²) in [5.74, 6) is -0.161. The maximum absolute atomic E-state index is 13.0. The molecule has 45 heavy (non-hydrogen) atoms. The second kappa shape index (κ2) is 13.3. The molecule has 0 saturated carbocycles. The van der Waals surface area contributed by atoms with E-state index in [0.717, 1.165) is 21.1 Å². The first-order valence-corrected chi connectivity index (χ1v) is 14.9. The lowest BCUT2D eigenvalue weighted by molar-refractivity contribution is -0.119. The van der Waals surface area contributed by atoms with Crippen molar-refractivity contribution >= 4 is 40.7 Å². The maximum Gasteiger partial charge on any atom is 0.330 e. The maximum atomic E-state index is 13.0. The van der Waals surface area contributed by atoms with Crippen LogP contribution < -0.4 is 26.6 Å². The molecule has 5 rings (SSSR count). The number of carbonyl (C=O) groups excluding carboxylic acids is 2. The van der Waals surface area contributed by atoms with Crippen molar-refractivity contribution in [1.29, 1.82) is 0 Å². The smallest absolute Gasteiger partial charge is 0.330 e. The zero-order chi connectivity index (χ0) is 32.4. The van der Waals surface area contributed by atoms with E-state index in [0.29, 0.717) is 52.8 Å². The van der Waals surface area contributed by atoms with Crippen LogP contribution in [-0.2, 0) is 25.4 Å². The summed E-state index contributed by atoms with van der Waals surface area (Å²) in [4.78, 5) is 56.1. The molecule has 0 bridgehead atoms. The summed E-state index contributed by atoms with van der Waals surface area (Å²) in [5, 5.41) is 6.28. The molecule has 4 aromatic rings. The number of aryl methyl sites for hydroxylation is 1. The normalized spacial score (nSPS) is 14.5. The van der Waals surface area contributed by atoms with Crippen LogP contribution in [0.15, 0.2) is 64.3 Å². The third-order valence-corrected chi connectivity index (χ3v) is 8.51. The molecule has 234 valence electrons. The average molecular weight is 652 g/mol. The van der Waals surface area contributed by atoms with E-state index in [1.165, 1.54) is 20.3 Å². The highest BCUT2D eigenvalue weighted by Gasteiger charge is 2.23. The molecular formula is C32H32Cl2N6O5. The SMILES string of the molecule is COc1nc(-c2cccc(-c3cccc(NC(=O)c4cn(C)c(=O)n(C)c4=O)c3Cl)c2Cl)ccc1CN(C)CC1CCC(=O)N1. The summed E-state index contributed by atoms with van der Waals surface area (Å²) in [6, 6.07) is 14.5. The van der Waals surface area contributed by atoms with Gasteiger partial charge in [0.2, 0.25) is 11.8 Å². The molecule has 2 aromatic carbocycles. The Bertz CT molecular complexity index is 1920. The molecule has 0 radical (unpaired) electrons. The Morgan fingerprint density at radius 3 is 2.42 bits per heavy atom. The van der Waals surface area contributed by atoms with E-state index < -0.39 is 17.2 Å². The molecule has 1 aliphatic rings. The molecule has 2 aromatic heterocycles. The van der Waals surface area contributed by atoms with Crippen molar-refractivity contribution in [3.8, 4) is 28.3 Å². The topological polar surface area (TPSA) is 128 Å². The zero-order valence-corrected chi connectivity index (χ0v) is 26.7. The minimum Gasteiger partial charge on any atom is -0.481 e. The van der Waals surface area contributed by atoms with Crippen LogP contribution in [0.3, 0.4) is 0 Å². The summed E-state index contributed by atoms with van der Waals surface area (Å²) in [6.45, 7) is 1.29. The lowest BCUT2D eigenvalue weighted by Crippen LogP contribution is -2.40. The van der Waals surface area contributed by atoms with Gasteiger partial charge in [-0.15, -0.1) is 0 Å². The molecule has 0 aliphatic carbocycles. The van der Waals surface area contributed by atoms with Crippen molar-refractivity contribution in [2.45, 2.75) is 25.4 Å². The van der Waals surface area contributed by atoms with Crippen LogP contribution in [0.1, 0.15) is 28.8 Å². The van der Waals surface area contributed by atoms with Crippen LogP contribution >= 0.6 is 23.2 Å². The van der Waals surface area contributed by atoms with Crippen molar-refractivity contribution in [3.05, 3.63) is 96.7 Å². The van der Waals surface area contributed by atoms with E-state index in [9.17, 15) is 19.2 Å². The van der Waals surface area contributed by atoms with Crippen LogP contribution in [0.25, 0.3) is 22.4 Å². The van der Waals surface area contributed by atoms with E-state index in [4.69, 9.17) is 32.9 Å². The number of carbonyl (C=O) groups is 2. The highest BCUT2D eigenvalue weighted by atomic mass is 35.5. The number of amides is 2. The fourth-order valence-electron chi connectivity index (χ4n) is 5.39. The molecule has 2 amide bonds. The predicted octanol–water partition coefficient (Wildman–Crippen LogP) is 4.09. The molecule has 1 fully saturated rings. The van der Waals surface area contributed by atoms with Crippen molar-refractivity contribution in [2.75, 3.05) is 26.0 Å². The number of likely N-dealkylation sites (N-methyl/N-ethyl adjacent to an activating group) is 1. The number of nitrogens with one attached hydrogen (secondary N) is 2. The first-order valence-electron chi connectivity index (χ1n) is 14.2. The van der Waals surface area contributed by atoms with Crippen molar-refractivity contribution in [2.24, 2.45) is 14.1 Å². The highest BCUT2D eigenvalue weighted by molar-refractivity contribution is 6.39. The highest BCUT2D eigenvalue weighted by Crippen LogP contribution is 2.41. The van der Waals surface area contributed by atoms with Gasteiger partial charge in [0.25, 0.3) is 11.5 Å². The van der Waals surface area contributed by atoms with Gasteiger partial charge in [0.1, 0.15) is 5.56 Å². The zero-order valence-electron chi connectivity index (χ0n) is 25.2. The predicted molar refractivity (Wildman–Crippen MR) is 174 cm³/mol. The fraction of sp³-hybridized carbons (Fsp3) is 0.281. The Labute approximate surface area is 269 Å². The minimum atomic E-state index is -0.721. The summed E-state index contributed by atoms with van der Waals surface area (Å²) in [7, 11) is 6.31. The molecule has 13 heteroatoms. The number of nitrogens with zero attached hydrogens (tertiary/aromatic N) is 4. The molecule has 11 nitrogen and oxygen atoms in total. The van der Waals surface area contributed by atoms with Gasteiger partial charge in [-0.25, -0.2) is 9.78 Å². The van der Waals surface area contributed by atoms with Gasteiger partial charge in [-0.2, -0.15) is 0 Å². The molecule has 1 unspecified atom stereocenters. The van der Waals surface area contributed by atoms with Crippen LogP contribution in [0.2, 0.25) is 10.0 Å². The van der Waals surface area contributed by atoms with Crippen LogP contribution in [0.5, 0.6) is 5.88 Å². The van der Waals surface area contributed by atoms with Crippen LogP contribution in [0, 0.1) is 0 Å². The third-order valence-electron chi connectivity index (χ3n) is 7.69. The Morgan fingerprint density at radius 1 is 1.04 bits per heavy atom. The average Bonchev–Trinajstić information content (AvgIpc) is 3.43. The molecule has 1 saturated heterocycles. The number of hydrogen-bond donors (Lipinski definition) is 2. The molecule has 1 atom stereocenters. The summed E-state index contributed by atoms with van der Waals surface area (Å²) in [6.07, 6.45) is 2.57. The molecular weight excluding hydrogens is 619 g/mol. The fourth-order valence-corrected chi connectivity index (χ4v) is 5.99. The Balaban J connectivity index is 1.41. The minimum absolute atomic E-state index is 0.0854. The number of rotatable bonds is 9. The van der Waals surface area contributed by atoms with E-state index in [-0.39, 0.29) is 28.2 Å². The third kappa shape index (κ3) is 6.65. The second-order valence-electron chi connectivity index (χ2n) is 11.0. The molecule has 2 N–H and O–H groups in total. The van der Waals surface area contributed by atoms with Gasteiger partial charge in [-0.05, 0) is 25.6 Å². The second-order valence-corrected chi connectivity index (χ2v) is 11.7. The number of hydrogen-bond acceptors (Lipinski definition) is 7. The summed E-state index contributed by atoms with van der Waals surface area (Å²) < 4.78 is 7.66. The Kier molecular flexibility index (Phi) is 9.42. The van der Waals surface area contributed by atoms with E-state index in [1.807, 2.05) is 37.4 Å². The van der Waals surface area contributed by atoms with Gasteiger partial charge in [0, 0.05) is 68.1 Å². The number of halogens is 2. The Hall–Kier alpha value is -4.45. The Morgan fingerprint density at radius 2 is 1.73 bits per heavy atom. The quantitative estimate of drug-likeness (QED) is 0.279. The monoisotopic (exact) mass is 650 g/mol. The van der Waals surface area contributed by atoms with Gasteiger partial charge >= 0.3 is 5.69 Å². The lowest BCUT2D eigenvalue weighted by atomic mass is 10.00.